The molecule has 0 fully saturated rings. The average molecular weight is 493 g/mol. The summed E-state index contributed by atoms with van der Waals surface area (Å²) in [5.74, 6) is -3.18. The van der Waals surface area contributed by atoms with Crippen LogP contribution in [0.4, 0.5) is 0 Å². The Hall–Kier alpha value is -2.65. The van der Waals surface area contributed by atoms with E-state index in [9.17, 15) is 24.0 Å². The molecular formula is C24H44O10. The molecule has 10 heteroatoms. The van der Waals surface area contributed by atoms with Gasteiger partial charge in [0.1, 0.15) is 0 Å². The first-order valence-electron chi connectivity index (χ1n) is 12.0. The highest BCUT2D eigenvalue weighted by molar-refractivity contribution is 5.68. The zero-order valence-corrected chi connectivity index (χ0v) is 20.7. The maximum atomic E-state index is 10.1. The number of carbonyl (C=O) groups is 5. The molecule has 0 heterocycles. The highest BCUT2D eigenvalue weighted by atomic mass is 16.4. The zero-order valence-electron chi connectivity index (χ0n) is 20.7. The Bertz CT molecular complexity index is 524. The van der Waals surface area contributed by atoms with Crippen molar-refractivity contribution in [2.24, 2.45) is 5.92 Å². The minimum Gasteiger partial charge on any atom is -0.481 e. The second-order valence-corrected chi connectivity index (χ2v) is 8.44. The fourth-order valence-electron chi connectivity index (χ4n) is 2.64. The molecule has 0 aliphatic heterocycles. The van der Waals surface area contributed by atoms with Crippen LogP contribution in [0.15, 0.2) is 0 Å². The topological polar surface area (TPSA) is 186 Å². The Kier molecular flexibility index (Phi) is 28.1. The van der Waals surface area contributed by atoms with Crippen LogP contribution in [-0.4, -0.2) is 55.4 Å². The van der Waals surface area contributed by atoms with E-state index in [-0.39, 0.29) is 25.7 Å². The first-order valence-corrected chi connectivity index (χ1v) is 12.0. The van der Waals surface area contributed by atoms with E-state index in [1.165, 1.54) is 12.8 Å². The van der Waals surface area contributed by atoms with E-state index in [1.807, 2.05) is 0 Å². The van der Waals surface area contributed by atoms with Crippen LogP contribution in [-0.2, 0) is 24.0 Å². The largest absolute Gasteiger partial charge is 0.481 e. The Morgan fingerprint density at radius 1 is 0.412 bits per heavy atom. The molecule has 5 N–H and O–H groups in total. The summed E-state index contributed by atoms with van der Waals surface area (Å²) in [7, 11) is 0. The van der Waals surface area contributed by atoms with Crippen molar-refractivity contribution >= 4 is 29.8 Å². The van der Waals surface area contributed by atoms with Crippen LogP contribution in [0.5, 0.6) is 0 Å². The summed E-state index contributed by atoms with van der Waals surface area (Å²) in [6.07, 6.45) is 10.2. The van der Waals surface area contributed by atoms with Gasteiger partial charge in [0.2, 0.25) is 0 Å². The van der Waals surface area contributed by atoms with Crippen molar-refractivity contribution in [3.05, 3.63) is 0 Å². The van der Waals surface area contributed by atoms with Crippen LogP contribution >= 0.6 is 0 Å². The van der Waals surface area contributed by atoms with Gasteiger partial charge in [-0.15, -0.1) is 0 Å². The van der Waals surface area contributed by atoms with Crippen LogP contribution in [0.1, 0.15) is 117 Å². The summed E-state index contributed by atoms with van der Waals surface area (Å²) in [5.41, 5.74) is 0. The van der Waals surface area contributed by atoms with E-state index in [0.717, 1.165) is 38.0 Å². The Labute approximate surface area is 202 Å². The molecule has 0 aliphatic rings. The van der Waals surface area contributed by atoms with Crippen molar-refractivity contribution in [3.8, 4) is 0 Å². The summed E-state index contributed by atoms with van der Waals surface area (Å²) in [4.78, 5) is 50.1. The highest BCUT2D eigenvalue weighted by Gasteiger charge is 2.00. The van der Waals surface area contributed by atoms with Gasteiger partial charge in [-0.2, -0.15) is 0 Å². The van der Waals surface area contributed by atoms with Gasteiger partial charge in [0.15, 0.2) is 0 Å². The maximum absolute atomic E-state index is 10.1. The Morgan fingerprint density at radius 3 is 0.853 bits per heavy atom. The SMILES string of the molecule is CC(C)CCCCCC(=O)O.O=C(O)CCCCC(=O)O.O=C(O)CCCCCCCC(=O)O. The van der Waals surface area contributed by atoms with E-state index < -0.39 is 29.8 Å². The second-order valence-electron chi connectivity index (χ2n) is 8.44. The van der Waals surface area contributed by atoms with E-state index in [1.54, 1.807) is 0 Å². The van der Waals surface area contributed by atoms with Crippen molar-refractivity contribution in [1.29, 1.82) is 0 Å². The van der Waals surface area contributed by atoms with Gasteiger partial charge >= 0.3 is 29.8 Å². The maximum Gasteiger partial charge on any atom is 0.303 e. The quantitative estimate of drug-likeness (QED) is 0.148. The fraction of sp³-hybridized carbons (Fsp3) is 0.792. The third kappa shape index (κ3) is 47.2. The normalized spacial score (nSPS) is 9.85. The first kappa shape index (κ1) is 35.9. The number of unbranched alkanes of at least 4 members (excludes halogenated alkanes) is 7. The molecular weight excluding hydrogens is 448 g/mol. The molecule has 0 aromatic heterocycles. The Balaban J connectivity index is -0.000000428. The van der Waals surface area contributed by atoms with E-state index in [2.05, 4.69) is 13.8 Å². The molecule has 0 saturated carbocycles. The molecule has 0 radical (unpaired) electrons. The summed E-state index contributed by atoms with van der Waals surface area (Å²) >= 11 is 0. The second kappa shape index (κ2) is 26.6. The Morgan fingerprint density at radius 2 is 0.618 bits per heavy atom. The molecule has 10 nitrogen and oxygen atoms in total. The minimum atomic E-state index is -0.870. The molecule has 200 valence electrons. The van der Waals surface area contributed by atoms with Gasteiger partial charge in [-0.05, 0) is 38.0 Å². The van der Waals surface area contributed by atoms with Crippen LogP contribution < -0.4 is 0 Å². The van der Waals surface area contributed by atoms with Crippen molar-refractivity contribution in [1.82, 2.24) is 0 Å². The third-order valence-corrected chi connectivity index (χ3v) is 4.48. The minimum absolute atomic E-state index is 0.0628. The number of rotatable bonds is 19. The third-order valence-electron chi connectivity index (χ3n) is 4.48. The van der Waals surface area contributed by atoms with E-state index >= 15 is 0 Å². The molecule has 0 atom stereocenters. The monoisotopic (exact) mass is 492 g/mol. The highest BCUT2D eigenvalue weighted by Crippen LogP contribution is 2.09. The fourth-order valence-corrected chi connectivity index (χ4v) is 2.64. The molecule has 0 aromatic rings. The lowest BCUT2D eigenvalue weighted by Crippen LogP contribution is -1.97. The van der Waals surface area contributed by atoms with Gasteiger partial charge in [0.05, 0.1) is 0 Å². The van der Waals surface area contributed by atoms with Crippen LogP contribution in [0.3, 0.4) is 0 Å². The molecule has 0 aromatic carbocycles. The van der Waals surface area contributed by atoms with Crippen molar-refractivity contribution < 1.29 is 49.5 Å². The van der Waals surface area contributed by atoms with Crippen LogP contribution in [0, 0.1) is 5.92 Å². The van der Waals surface area contributed by atoms with Crippen LogP contribution in [0.2, 0.25) is 0 Å². The van der Waals surface area contributed by atoms with E-state index in [0.29, 0.717) is 32.1 Å². The lowest BCUT2D eigenvalue weighted by Gasteiger charge is -2.02. The average Bonchev–Trinajstić information content (AvgIpc) is 2.70. The molecule has 34 heavy (non-hydrogen) atoms. The zero-order chi connectivity index (χ0) is 26.8. The van der Waals surface area contributed by atoms with Gasteiger partial charge in [-0.3, -0.25) is 24.0 Å². The molecule has 0 amide bonds. The summed E-state index contributed by atoms with van der Waals surface area (Å²) in [6.45, 7) is 4.38. The molecule has 0 spiro atoms. The van der Waals surface area contributed by atoms with Crippen LogP contribution in [0.25, 0.3) is 0 Å². The predicted molar refractivity (Wildman–Crippen MR) is 127 cm³/mol. The lowest BCUT2D eigenvalue weighted by molar-refractivity contribution is -0.139. The van der Waals surface area contributed by atoms with Gasteiger partial charge in [0, 0.05) is 32.1 Å². The molecule has 0 bridgehead atoms. The number of hydrogen-bond acceptors (Lipinski definition) is 5. The number of carboxylic acid groups (broad SMARTS) is 5. The number of aliphatic carboxylic acids is 5. The summed E-state index contributed by atoms with van der Waals surface area (Å²) in [5, 5.41) is 41.2. The van der Waals surface area contributed by atoms with Crippen molar-refractivity contribution in [2.45, 2.75) is 117 Å². The molecule has 0 rings (SSSR count). The predicted octanol–water partition coefficient (Wildman–Crippen LogP) is 5.28. The molecule has 0 aliphatic carbocycles. The molecule has 0 unspecified atom stereocenters. The smallest absolute Gasteiger partial charge is 0.303 e. The standard InChI is InChI=1S/C9H16O4.C9H18O2.C6H10O4/c10-8(11)6-4-2-1-3-5-7-9(12)13;1-8(2)6-4-3-5-7-9(10)11;7-5(8)3-1-2-4-6(9)10/h1-7H2,(H,10,11)(H,12,13);8H,3-7H2,1-2H3,(H,10,11);1-4H2,(H,7,8)(H,9,10). The van der Waals surface area contributed by atoms with Gasteiger partial charge in [0.25, 0.3) is 0 Å². The van der Waals surface area contributed by atoms with E-state index in [4.69, 9.17) is 25.5 Å². The molecule has 0 saturated heterocycles. The first-order chi connectivity index (χ1) is 15.9. The lowest BCUT2D eigenvalue weighted by atomic mass is 10.0. The van der Waals surface area contributed by atoms with Gasteiger partial charge in [-0.25, -0.2) is 0 Å². The van der Waals surface area contributed by atoms with Crippen molar-refractivity contribution in [3.63, 3.8) is 0 Å². The van der Waals surface area contributed by atoms with Gasteiger partial charge < -0.3 is 25.5 Å². The summed E-state index contributed by atoms with van der Waals surface area (Å²) in [6, 6.07) is 0. The van der Waals surface area contributed by atoms with Gasteiger partial charge in [-0.1, -0.05) is 52.4 Å². The van der Waals surface area contributed by atoms with Crippen molar-refractivity contribution in [2.75, 3.05) is 0 Å². The summed E-state index contributed by atoms with van der Waals surface area (Å²) < 4.78 is 0. The number of hydrogen-bond donors (Lipinski definition) is 5. The number of carboxylic acids is 5.